The fourth-order valence-electron chi connectivity index (χ4n) is 3.56. The first-order valence-electron chi connectivity index (χ1n) is 8.70. The summed E-state index contributed by atoms with van der Waals surface area (Å²) < 4.78 is 0. The molecule has 2 aromatic carbocycles. The first kappa shape index (κ1) is 17.2. The smallest absolute Gasteiger partial charge is 0.225 e. The molecule has 1 fully saturated rings. The molecule has 1 heterocycles. The predicted octanol–water partition coefficient (Wildman–Crippen LogP) is 3.22. The number of carbonyl (C=O) groups is 2. The van der Waals surface area contributed by atoms with Crippen molar-refractivity contribution in [1.82, 2.24) is 10.2 Å². The maximum Gasteiger partial charge on any atom is 0.225 e. The van der Waals surface area contributed by atoms with Crippen molar-refractivity contribution in [2.75, 3.05) is 7.05 Å². The second kappa shape index (κ2) is 7.51. The molecule has 1 N–H and O–H groups in total. The Morgan fingerprint density at radius 1 is 1.16 bits per heavy atom. The number of nitrogens with zero attached hydrogens (tertiary/aromatic N) is 1. The minimum atomic E-state index is -0.227. The second-order valence-electron chi connectivity index (χ2n) is 6.71. The zero-order valence-corrected chi connectivity index (χ0v) is 14.7. The van der Waals surface area contributed by atoms with Gasteiger partial charge in [0, 0.05) is 20.0 Å². The summed E-state index contributed by atoms with van der Waals surface area (Å²) in [6, 6.07) is 17.7. The van der Waals surface area contributed by atoms with E-state index in [9.17, 15) is 9.59 Å². The van der Waals surface area contributed by atoms with Gasteiger partial charge in [-0.15, -0.1) is 0 Å². The van der Waals surface area contributed by atoms with Crippen LogP contribution in [0.4, 0.5) is 0 Å². The van der Waals surface area contributed by atoms with E-state index in [2.05, 4.69) is 11.4 Å². The van der Waals surface area contributed by atoms with Crippen LogP contribution in [-0.2, 0) is 16.1 Å². The third kappa shape index (κ3) is 3.90. The first-order valence-corrected chi connectivity index (χ1v) is 8.70. The highest BCUT2D eigenvalue weighted by Gasteiger charge is 2.38. The monoisotopic (exact) mass is 336 g/mol. The molecule has 1 aliphatic heterocycles. The molecule has 3 rings (SSSR count). The molecule has 4 nitrogen and oxygen atoms in total. The number of benzene rings is 2. The number of likely N-dealkylation sites (tertiary alicyclic amines) is 1. The fourth-order valence-corrected chi connectivity index (χ4v) is 3.56. The highest BCUT2D eigenvalue weighted by Crippen LogP contribution is 2.35. The SMILES string of the molecule is Cc1cccc(CNC(=O)C2CCC(=O)N(C)C2c2ccccc2)c1. The summed E-state index contributed by atoms with van der Waals surface area (Å²) >= 11 is 0. The summed E-state index contributed by atoms with van der Waals surface area (Å²) in [4.78, 5) is 26.7. The maximum atomic E-state index is 12.8. The lowest BCUT2D eigenvalue weighted by Gasteiger charge is -2.38. The van der Waals surface area contributed by atoms with Gasteiger partial charge >= 0.3 is 0 Å². The fraction of sp³-hybridized carbons (Fsp3) is 0.333. The highest BCUT2D eigenvalue weighted by atomic mass is 16.2. The molecule has 1 saturated heterocycles. The van der Waals surface area contributed by atoms with Gasteiger partial charge in [-0.25, -0.2) is 0 Å². The molecule has 25 heavy (non-hydrogen) atoms. The minimum Gasteiger partial charge on any atom is -0.352 e. The van der Waals surface area contributed by atoms with Crippen molar-refractivity contribution < 1.29 is 9.59 Å². The van der Waals surface area contributed by atoms with Gasteiger partial charge in [0.2, 0.25) is 11.8 Å². The van der Waals surface area contributed by atoms with Crippen LogP contribution in [0.25, 0.3) is 0 Å². The van der Waals surface area contributed by atoms with Crippen molar-refractivity contribution in [2.45, 2.75) is 32.4 Å². The van der Waals surface area contributed by atoms with E-state index >= 15 is 0 Å². The number of nitrogens with one attached hydrogen (secondary N) is 1. The number of amides is 2. The molecular weight excluding hydrogens is 312 g/mol. The van der Waals surface area contributed by atoms with Crippen LogP contribution in [0.1, 0.15) is 35.6 Å². The van der Waals surface area contributed by atoms with Gasteiger partial charge in [0.05, 0.1) is 12.0 Å². The van der Waals surface area contributed by atoms with Crippen molar-refractivity contribution in [1.29, 1.82) is 0 Å². The zero-order chi connectivity index (χ0) is 17.8. The van der Waals surface area contributed by atoms with Crippen LogP contribution in [0.3, 0.4) is 0 Å². The predicted molar refractivity (Wildman–Crippen MR) is 97.7 cm³/mol. The van der Waals surface area contributed by atoms with Gasteiger partial charge in [-0.05, 0) is 24.5 Å². The number of rotatable bonds is 4. The van der Waals surface area contributed by atoms with E-state index in [1.807, 2.05) is 55.5 Å². The Balaban J connectivity index is 1.76. The Labute approximate surface area is 148 Å². The molecule has 0 aromatic heterocycles. The van der Waals surface area contributed by atoms with Gasteiger partial charge in [0.25, 0.3) is 0 Å². The largest absolute Gasteiger partial charge is 0.352 e. The molecule has 2 aromatic rings. The Hall–Kier alpha value is -2.62. The van der Waals surface area contributed by atoms with Crippen LogP contribution < -0.4 is 5.32 Å². The third-order valence-electron chi connectivity index (χ3n) is 4.89. The van der Waals surface area contributed by atoms with Gasteiger partial charge in [0.15, 0.2) is 0 Å². The van der Waals surface area contributed by atoms with E-state index in [1.165, 1.54) is 5.56 Å². The Bertz CT molecular complexity index is 758. The maximum absolute atomic E-state index is 12.8. The van der Waals surface area contributed by atoms with Crippen LogP contribution in [0.15, 0.2) is 54.6 Å². The van der Waals surface area contributed by atoms with Crippen molar-refractivity contribution in [3.8, 4) is 0 Å². The topological polar surface area (TPSA) is 49.4 Å². The average molecular weight is 336 g/mol. The molecule has 0 spiro atoms. The van der Waals surface area contributed by atoms with Crippen molar-refractivity contribution in [3.05, 3.63) is 71.3 Å². The van der Waals surface area contributed by atoms with E-state index < -0.39 is 0 Å². The van der Waals surface area contributed by atoms with Crippen molar-refractivity contribution >= 4 is 11.8 Å². The van der Waals surface area contributed by atoms with E-state index in [1.54, 1.807) is 11.9 Å². The molecule has 0 bridgehead atoms. The highest BCUT2D eigenvalue weighted by molar-refractivity contribution is 5.84. The van der Waals surface area contributed by atoms with E-state index in [4.69, 9.17) is 0 Å². The molecule has 2 unspecified atom stereocenters. The van der Waals surface area contributed by atoms with Gasteiger partial charge < -0.3 is 10.2 Å². The summed E-state index contributed by atoms with van der Waals surface area (Å²) in [7, 11) is 1.79. The van der Waals surface area contributed by atoms with Crippen LogP contribution in [0.2, 0.25) is 0 Å². The summed E-state index contributed by atoms with van der Waals surface area (Å²) in [5, 5.41) is 3.05. The third-order valence-corrected chi connectivity index (χ3v) is 4.89. The Kier molecular flexibility index (Phi) is 5.17. The molecule has 0 radical (unpaired) electrons. The number of aryl methyl sites for hydroxylation is 1. The van der Waals surface area contributed by atoms with Gasteiger partial charge in [0.1, 0.15) is 0 Å². The summed E-state index contributed by atoms with van der Waals surface area (Å²) in [6.45, 7) is 2.55. The number of hydrogen-bond acceptors (Lipinski definition) is 2. The molecule has 2 atom stereocenters. The van der Waals surface area contributed by atoms with Crippen LogP contribution in [0, 0.1) is 12.8 Å². The van der Waals surface area contributed by atoms with Gasteiger partial charge in [-0.3, -0.25) is 9.59 Å². The first-order chi connectivity index (χ1) is 12.1. The summed E-state index contributed by atoms with van der Waals surface area (Å²) in [5.41, 5.74) is 3.27. The number of carbonyl (C=O) groups excluding carboxylic acids is 2. The molecule has 2 amide bonds. The minimum absolute atomic E-state index is 0.00899. The Morgan fingerprint density at radius 3 is 2.64 bits per heavy atom. The quantitative estimate of drug-likeness (QED) is 0.932. The average Bonchev–Trinajstić information content (AvgIpc) is 2.62. The second-order valence-corrected chi connectivity index (χ2v) is 6.71. The lowest BCUT2D eigenvalue weighted by Crippen LogP contribution is -2.46. The summed E-state index contributed by atoms with van der Waals surface area (Å²) in [6.07, 6.45) is 1.00. The number of hydrogen-bond donors (Lipinski definition) is 1. The van der Waals surface area contributed by atoms with Crippen LogP contribution in [-0.4, -0.2) is 23.8 Å². The normalized spacial score (nSPS) is 20.4. The van der Waals surface area contributed by atoms with Gasteiger partial charge in [-0.1, -0.05) is 60.2 Å². The van der Waals surface area contributed by atoms with Gasteiger partial charge in [-0.2, -0.15) is 0 Å². The van der Waals surface area contributed by atoms with E-state index in [-0.39, 0.29) is 23.8 Å². The molecule has 130 valence electrons. The summed E-state index contributed by atoms with van der Waals surface area (Å²) in [5.74, 6) is -0.124. The van der Waals surface area contributed by atoms with Crippen molar-refractivity contribution in [2.24, 2.45) is 5.92 Å². The Morgan fingerprint density at radius 2 is 1.92 bits per heavy atom. The van der Waals surface area contributed by atoms with Crippen LogP contribution in [0.5, 0.6) is 0 Å². The molecule has 0 aliphatic carbocycles. The molecule has 0 saturated carbocycles. The lowest BCUT2D eigenvalue weighted by atomic mass is 9.84. The number of piperidine rings is 1. The molecule has 4 heteroatoms. The standard InChI is InChI=1S/C21H24N2O2/c1-15-7-6-8-16(13-15)14-22-21(25)18-11-12-19(24)23(2)20(18)17-9-4-3-5-10-17/h3-10,13,18,20H,11-12,14H2,1-2H3,(H,22,25). The van der Waals surface area contributed by atoms with Crippen molar-refractivity contribution in [3.63, 3.8) is 0 Å². The molecular formula is C21H24N2O2. The molecule has 1 aliphatic rings. The van der Waals surface area contributed by atoms with E-state index in [0.717, 1.165) is 11.1 Å². The lowest BCUT2D eigenvalue weighted by molar-refractivity contribution is -0.141. The zero-order valence-electron chi connectivity index (χ0n) is 14.7. The van der Waals surface area contributed by atoms with E-state index in [0.29, 0.717) is 19.4 Å². The van der Waals surface area contributed by atoms with Crippen LogP contribution >= 0.6 is 0 Å².